The van der Waals surface area contributed by atoms with Gasteiger partial charge in [0.05, 0.1) is 24.3 Å². The Hall–Kier alpha value is -4.80. The fourth-order valence-corrected chi connectivity index (χ4v) is 8.87. The zero-order valence-corrected chi connectivity index (χ0v) is 33.7. The number of unbranched alkanes of at least 4 members (excludes halogenated alkanes) is 2. The molecule has 10 nitrogen and oxygen atoms in total. The zero-order valence-electron chi connectivity index (χ0n) is 33.7. The van der Waals surface area contributed by atoms with E-state index in [1.807, 2.05) is 24.3 Å². The molecule has 10 heteroatoms. The number of nitrogens with zero attached hydrogens (tertiary/aromatic N) is 2. The number of ether oxygens (including phenoxy) is 4. The highest BCUT2D eigenvalue weighted by atomic mass is 16.5. The van der Waals surface area contributed by atoms with E-state index in [4.69, 9.17) is 18.9 Å². The van der Waals surface area contributed by atoms with Gasteiger partial charge < -0.3 is 18.9 Å². The van der Waals surface area contributed by atoms with E-state index in [0.717, 1.165) is 62.1 Å². The highest BCUT2D eigenvalue weighted by molar-refractivity contribution is 6.43. The van der Waals surface area contributed by atoms with Gasteiger partial charge in [0.25, 0.3) is 23.6 Å². The van der Waals surface area contributed by atoms with E-state index in [1.54, 1.807) is 26.4 Å². The zero-order chi connectivity index (χ0) is 39.7. The van der Waals surface area contributed by atoms with Crippen LogP contribution in [-0.2, 0) is 9.47 Å². The van der Waals surface area contributed by atoms with Crippen LogP contribution in [-0.4, -0.2) is 87.2 Å². The summed E-state index contributed by atoms with van der Waals surface area (Å²) in [4.78, 5) is 60.6. The van der Waals surface area contributed by atoms with Crippen LogP contribution < -0.4 is 9.47 Å². The summed E-state index contributed by atoms with van der Waals surface area (Å²) in [5.74, 6) is 0.0173. The number of carbonyl (C=O) groups excluding carboxylic acids is 4. The van der Waals surface area contributed by atoms with Crippen LogP contribution in [0.25, 0.3) is 43.1 Å². The van der Waals surface area contributed by atoms with E-state index in [-0.39, 0.29) is 48.7 Å². The van der Waals surface area contributed by atoms with Crippen molar-refractivity contribution in [2.45, 2.75) is 79.1 Å². The molecule has 296 valence electrons. The van der Waals surface area contributed by atoms with Gasteiger partial charge >= 0.3 is 0 Å². The van der Waals surface area contributed by atoms with Crippen LogP contribution in [0, 0.1) is 11.8 Å². The monoisotopic (exact) mass is 762 g/mol. The van der Waals surface area contributed by atoms with Crippen molar-refractivity contribution in [3.8, 4) is 11.5 Å². The third-order valence-corrected chi connectivity index (χ3v) is 12.0. The summed E-state index contributed by atoms with van der Waals surface area (Å²) < 4.78 is 23.7. The van der Waals surface area contributed by atoms with Crippen LogP contribution >= 0.6 is 0 Å². The first-order valence-corrected chi connectivity index (χ1v) is 20.5. The summed E-state index contributed by atoms with van der Waals surface area (Å²) >= 11 is 0. The third-order valence-electron chi connectivity index (χ3n) is 12.0. The molecular weight excluding hydrogens is 709 g/mol. The van der Waals surface area contributed by atoms with Gasteiger partial charge in [0.2, 0.25) is 0 Å². The van der Waals surface area contributed by atoms with Gasteiger partial charge in [-0.25, -0.2) is 0 Å². The van der Waals surface area contributed by atoms with Crippen LogP contribution in [0.15, 0.2) is 36.4 Å². The predicted molar refractivity (Wildman–Crippen MR) is 220 cm³/mol. The van der Waals surface area contributed by atoms with E-state index in [0.29, 0.717) is 92.4 Å². The van der Waals surface area contributed by atoms with Gasteiger partial charge in [0.1, 0.15) is 24.7 Å². The lowest BCUT2D eigenvalue weighted by Gasteiger charge is -2.33. The Morgan fingerprint density at radius 2 is 0.893 bits per heavy atom. The number of benzene rings is 5. The number of imide groups is 2. The van der Waals surface area contributed by atoms with Gasteiger partial charge in [-0.3, -0.25) is 29.0 Å². The van der Waals surface area contributed by atoms with Gasteiger partial charge in [-0.15, -0.1) is 0 Å². The number of amides is 4. The lowest BCUT2D eigenvalue weighted by molar-refractivity contribution is 0.0565. The number of hydrogen-bond donors (Lipinski definition) is 0. The molecule has 0 N–H and O–H groups in total. The Kier molecular flexibility index (Phi) is 11.8. The number of fused-ring (bicyclic) bond motifs is 2. The van der Waals surface area contributed by atoms with Crippen LogP contribution in [0.3, 0.4) is 0 Å². The SMILES string of the molecule is CCCCC(CC)CN1C(=O)c2ccc3c4c(OCCOC)cc5c6c(ccc(c7c(OCCOC)cc(c2c37)C1=O)c64)C(=O)N(CC(CC)CCCC)C5=O. The van der Waals surface area contributed by atoms with Crippen LogP contribution in [0.2, 0.25) is 0 Å². The molecule has 0 spiro atoms. The first-order valence-electron chi connectivity index (χ1n) is 20.5. The predicted octanol–water partition coefficient (Wildman–Crippen LogP) is 9.41. The highest BCUT2D eigenvalue weighted by Gasteiger charge is 2.39. The maximum absolute atomic E-state index is 14.5. The molecule has 2 unspecified atom stereocenters. The topological polar surface area (TPSA) is 112 Å². The number of hydrogen-bond acceptors (Lipinski definition) is 8. The molecule has 0 fully saturated rings. The molecule has 0 saturated carbocycles. The smallest absolute Gasteiger partial charge is 0.261 e. The van der Waals surface area contributed by atoms with E-state index in [2.05, 4.69) is 27.7 Å². The molecule has 56 heavy (non-hydrogen) atoms. The van der Waals surface area contributed by atoms with Crippen molar-refractivity contribution in [3.63, 3.8) is 0 Å². The van der Waals surface area contributed by atoms with E-state index in [1.165, 1.54) is 9.80 Å². The van der Waals surface area contributed by atoms with E-state index < -0.39 is 0 Å². The minimum Gasteiger partial charge on any atom is -0.490 e. The average molecular weight is 763 g/mol. The number of rotatable bonds is 20. The molecule has 0 radical (unpaired) electrons. The number of methoxy groups -OCH3 is 2. The van der Waals surface area contributed by atoms with Crippen molar-refractivity contribution in [1.29, 1.82) is 0 Å². The molecule has 4 amide bonds. The second-order valence-corrected chi connectivity index (χ2v) is 15.4. The van der Waals surface area contributed by atoms with Crippen LogP contribution in [0.1, 0.15) is 120 Å². The quantitative estimate of drug-likeness (QED) is 0.0334. The Labute approximate surface area is 328 Å². The van der Waals surface area contributed by atoms with Gasteiger partial charge in [-0.1, -0.05) is 78.4 Å². The third kappa shape index (κ3) is 6.64. The molecule has 0 aliphatic carbocycles. The first kappa shape index (κ1) is 39.4. The first-order chi connectivity index (χ1) is 27.2. The number of carbonyl (C=O) groups is 4. The van der Waals surface area contributed by atoms with Crippen molar-refractivity contribution in [2.24, 2.45) is 11.8 Å². The summed E-state index contributed by atoms with van der Waals surface area (Å²) in [5.41, 5.74) is 1.73. The Morgan fingerprint density at radius 3 is 1.25 bits per heavy atom. The Bertz CT molecular complexity index is 2150. The summed E-state index contributed by atoms with van der Waals surface area (Å²) in [6.45, 7) is 10.3. The average Bonchev–Trinajstić information content (AvgIpc) is 3.21. The normalized spacial score (nSPS) is 15.3. The van der Waals surface area contributed by atoms with Crippen molar-refractivity contribution in [2.75, 3.05) is 53.7 Å². The molecule has 0 bridgehead atoms. The summed E-state index contributed by atoms with van der Waals surface area (Å²) in [5, 5.41) is 5.42. The van der Waals surface area contributed by atoms with Crippen molar-refractivity contribution in [1.82, 2.24) is 9.80 Å². The summed E-state index contributed by atoms with van der Waals surface area (Å²) in [6, 6.07) is 11.0. The molecule has 2 aliphatic heterocycles. The fourth-order valence-electron chi connectivity index (χ4n) is 8.87. The second kappa shape index (κ2) is 16.7. The molecule has 0 aromatic heterocycles. The maximum Gasteiger partial charge on any atom is 0.261 e. The molecule has 2 aliphatic rings. The Morgan fingerprint density at radius 1 is 0.500 bits per heavy atom. The lowest BCUT2D eigenvalue weighted by atomic mass is 9.81. The summed E-state index contributed by atoms with van der Waals surface area (Å²) in [6.07, 6.45) is 7.74. The minimum absolute atomic E-state index is 0.193. The molecule has 0 saturated heterocycles. The molecule has 5 aromatic carbocycles. The molecular formula is C46H54N2O8. The van der Waals surface area contributed by atoms with Crippen LogP contribution in [0.5, 0.6) is 11.5 Å². The van der Waals surface area contributed by atoms with Crippen LogP contribution in [0.4, 0.5) is 0 Å². The standard InChI is InChI=1S/C46H54N2O8/c1-7-11-13-27(9-3)25-47-43(49)31-17-15-29-40-36(56-22-20-54-6)24-34-38-32(44(50)48(46(34)52)26-28(10-4)14-12-8-2)18-16-30(42(38)40)39-35(55-21-19-53-5)23-33(45(47)51)37(31)41(29)39/h15-18,23-24,27-28H,7-14,19-22,25-26H2,1-6H3. The largest absolute Gasteiger partial charge is 0.490 e. The van der Waals surface area contributed by atoms with Crippen molar-refractivity contribution in [3.05, 3.63) is 58.7 Å². The molecule has 2 atom stereocenters. The van der Waals surface area contributed by atoms with Gasteiger partial charge in [-0.2, -0.15) is 0 Å². The molecule has 5 aromatic rings. The Balaban J connectivity index is 1.51. The van der Waals surface area contributed by atoms with E-state index >= 15 is 0 Å². The van der Waals surface area contributed by atoms with Crippen molar-refractivity contribution < 1.29 is 38.1 Å². The second-order valence-electron chi connectivity index (χ2n) is 15.4. The van der Waals surface area contributed by atoms with Gasteiger partial charge in [0, 0.05) is 70.8 Å². The lowest BCUT2D eigenvalue weighted by Crippen LogP contribution is -2.43. The minimum atomic E-state index is -0.342. The maximum atomic E-state index is 14.5. The van der Waals surface area contributed by atoms with E-state index in [9.17, 15) is 19.2 Å². The van der Waals surface area contributed by atoms with Gasteiger partial charge in [-0.05, 0) is 59.7 Å². The summed E-state index contributed by atoms with van der Waals surface area (Å²) in [7, 11) is 3.20. The highest BCUT2D eigenvalue weighted by Crippen LogP contribution is 2.52. The molecule has 2 heterocycles. The van der Waals surface area contributed by atoms with Gasteiger partial charge in [0.15, 0.2) is 0 Å². The fraction of sp³-hybridized carbons (Fsp3) is 0.478. The molecule has 7 rings (SSSR count). The van der Waals surface area contributed by atoms with Crippen molar-refractivity contribution >= 4 is 66.7 Å².